The first-order chi connectivity index (χ1) is 12.5. The molecule has 2 aromatic rings. The lowest BCUT2D eigenvalue weighted by Crippen LogP contribution is -2.27. The minimum absolute atomic E-state index is 0.320. The molecular formula is C19H16ClNO4S. The largest absolute Gasteiger partial charge is 0.493 e. The average Bonchev–Trinajstić information content (AvgIpc) is 2.90. The number of imide groups is 1. The molecule has 1 heterocycles. The van der Waals surface area contributed by atoms with Gasteiger partial charge in [0.2, 0.25) is 0 Å². The fourth-order valence-electron chi connectivity index (χ4n) is 2.51. The first kappa shape index (κ1) is 18.4. The number of anilines is 1. The number of methoxy groups -OCH3 is 1. The van der Waals surface area contributed by atoms with Gasteiger partial charge in [-0.2, -0.15) is 0 Å². The molecule has 0 atom stereocenters. The maximum absolute atomic E-state index is 12.7. The summed E-state index contributed by atoms with van der Waals surface area (Å²) in [5.41, 5.74) is 1.11. The van der Waals surface area contributed by atoms with E-state index in [-0.39, 0.29) is 5.24 Å². The molecule has 1 saturated heterocycles. The van der Waals surface area contributed by atoms with Crippen LogP contribution in [0.15, 0.2) is 47.4 Å². The molecule has 0 bridgehead atoms. The molecule has 7 heteroatoms. The van der Waals surface area contributed by atoms with Gasteiger partial charge in [0.1, 0.15) is 0 Å². The van der Waals surface area contributed by atoms with Crippen molar-refractivity contribution < 1.29 is 19.1 Å². The molecule has 0 radical (unpaired) electrons. The molecule has 1 aliphatic rings. The smallest absolute Gasteiger partial charge is 0.298 e. The summed E-state index contributed by atoms with van der Waals surface area (Å²) < 4.78 is 10.8. The molecule has 2 aromatic carbocycles. The van der Waals surface area contributed by atoms with E-state index in [2.05, 4.69) is 0 Å². The zero-order chi connectivity index (χ0) is 18.7. The van der Waals surface area contributed by atoms with Gasteiger partial charge in [-0.15, -0.1) is 0 Å². The van der Waals surface area contributed by atoms with Crippen molar-refractivity contribution in [2.45, 2.75) is 6.92 Å². The molecule has 0 aromatic heterocycles. The van der Waals surface area contributed by atoms with Crippen molar-refractivity contribution in [1.29, 1.82) is 0 Å². The number of thioether (sulfide) groups is 1. The highest BCUT2D eigenvalue weighted by Gasteiger charge is 2.37. The van der Waals surface area contributed by atoms with E-state index in [0.29, 0.717) is 33.7 Å². The van der Waals surface area contributed by atoms with Crippen molar-refractivity contribution in [2.24, 2.45) is 0 Å². The van der Waals surface area contributed by atoms with E-state index in [1.54, 1.807) is 55.7 Å². The molecule has 0 spiro atoms. The third-order valence-corrected chi connectivity index (χ3v) is 4.86. The number of carbonyl (C=O) groups excluding carboxylic acids is 2. The topological polar surface area (TPSA) is 55.8 Å². The Kier molecular flexibility index (Phi) is 5.54. The van der Waals surface area contributed by atoms with Crippen LogP contribution in [0.1, 0.15) is 12.5 Å². The standard InChI is InChI=1S/C19H16ClNO4S/c1-3-25-15-9-8-12(10-16(15)24-2)11-17-18(22)21(19(23)26-17)14-7-5-4-6-13(14)20/h4-11H,3H2,1-2H3/b17-11-. The Hall–Kier alpha value is -2.44. The van der Waals surface area contributed by atoms with Crippen LogP contribution < -0.4 is 14.4 Å². The predicted octanol–water partition coefficient (Wildman–Crippen LogP) is 4.99. The number of halogens is 1. The number of nitrogens with zero attached hydrogens (tertiary/aromatic N) is 1. The lowest BCUT2D eigenvalue weighted by molar-refractivity contribution is -0.113. The minimum atomic E-state index is -0.402. The van der Waals surface area contributed by atoms with Crippen LogP contribution in [0.3, 0.4) is 0 Å². The van der Waals surface area contributed by atoms with E-state index >= 15 is 0 Å². The van der Waals surface area contributed by atoms with Crippen molar-refractivity contribution in [1.82, 2.24) is 0 Å². The van der Waals surface area contributed by atoms with E-state index in [1.807, 2.05) is 6.92 Å². The summed E-state index contributed by atoms with van der Waals surface area (Å²) in [6, 6.07) is 12.1. The van der Waals surface area contributed by atoms with E-state index in [1.165, 1.54) is 0 Å². The number of benzene rings is 2. The lowest BCUT2D eigenvalue weighted by Gasteiger charge is -2.13. The third kappa shape index (κ3) is 3.57. The van der Waals surface area contributed by atoms with Gasteiger partial charge in [0.15, 0.2) is 11.5 Å². The van der Waals surface area contributed by atoms with Gasteiger partial charge in [-0.25, -0.2) is 4.90 Å². The summed E-state index contributed by atoms with van der Waals surface area (Å²) in [6.07, 6.45) is 1.65. The Balaban J connectivity index is 1.92. The zero-order valence-corrected chi connectivity index (χ0v) is 15.8. The molecule has 0 aliphatic carbocycles. The van der Waals surface area contributed by atoms with Gasteiger partial charge in [0.05, 0.1) is 29.3 Å². The molecule has 2 amide bonds. The normalized spacial score (nSPS) is 15.7. The fourth-order valence-corrected chi connectivity index (χ4v) is 3.56. The van der Waals surface area contributed by atoms with Gasteiger partial charge < -0.3 is 9.47 Å². The van der Waals surface area contributed by atoms with E-state index in [0.717, 1.165) is 22.2 Å². The molecule has 1 aliphatic heterocycles. The van der Waals surface area contributed by atoms with Crippen molar-refractivity contribution in [2.75, 3.05) is 18.6 Å². The monoisotopic (exact) mass is 389 g/mol. The second-order valence-electron chi connectivity index (χ2n) is 5.31. The Labute approximate surface area is 160 Å². The van der Waals surface area contributed by atoms with Crippen LogP contribution in [0.4, 0.5) is 10.5 Å². The van der Waals surface area contributed by atoms with Crippen molar-refractivity contribution >= 4 is 46.3 Å². The number of amides is 2. The molecule has 5 nitrogen and oxygen atoms in total. The molecule has 0 saturated carbocycles. The van der Waals surface area contributed by atoms with Gasteiger partial charge in [-0.05, 0) is 54.6 Å². The Morgan fingerprint density at radius 2 is 1.92 bits per heavy atom. The quantitative estimate of drug-likeness (QED) is 0.674. The van der Waals surface area contributed by atoms with E-state index in [9.17, 15) is 9.59 Å². The molecule has 1 fully saturated rings. The van der Waals surface area contributed by atoms with Crippen LogP contribution in [0.25, 0.3) is 6.08 Å². The summed E-state index contributed by atoms with van der Waals surface area (Å²) in [4.78, 5) is 26.4. The first-order valence-electron chi connectivity index (χ1n) is 7.88. The van der Waals surface area contributed by atoms with Crippen LogP contribution >= 0.6 is 23.4 Å². The van der Waals surface area contributed by atoms with Crippen LogP contribution in [-0.4, -0.2) is 24.9 Å². The molecule has 0 N–H and O–H groups in total. The highest BCUT2D eigenvalue weighted by Crippen LogP contribution is 2.39. The van der Waals surface area contributed by atoms with Crippen LogP contribution in [-0.2, 0) is 4.79 Å². The van der Waals surface area contributed by atoms with Crippen molar-refractivity contribution in [3.8, 4) is 11.5 Å². The second kappa shape index (κ2) is 7.85. The molecule has 3 rings (SSSR count). The fraction of sp³-hybridized carbons (Fsp3) is 0.158. The minimum Gasteiger partial charge on any atom is -0.493 e. The maximum Gasteiger partial charge on any atom is 0.298 e. The average molecular weight is 390 g/mol. The molecular weight excluding hydrogens is 374 g/mol. The highest BCUT2D eigenvalue weighted by molar-refractivity contribution is 8.19. The van der Waals surface area contributed by atoms with Gasteiger partial charge in [-0.3, -0.25) is 9.59 Å². The SMILES string of the molecule is CCOc1ccc(/C=C2\SC(=O)N(c3ccccc3Cl)C2=O)cc1OC. The zero-order valence-electron chi connectivity index (χ0n) is 14.2. The lowest BCUT2D eigenvalue weighted by atomic mass is 10.2. The van der Waals surface area contributed by atoms with Crippen LogP contribution in [0.2, 0.25) is 5.02 Å². The summed E-state index contributed by atoms with van der Waals surface area (Å²) in [7, 11) is 1.55. The highest BCUT2D eigenvalue weighted by atomic mass is 35.5. The summed E-state index contributed by atoms with van der Waals surface area (Å²) >= 11 is 7.00. The second-order valence-corrected chi connectivity index (χ2v) is 6.71. The van der Waals surface area contributed by atoms with Gasteiger partial charge in [0.25, 0.3) is 11.1 Å². The van der Waals surface area contributed by atoms with Crippen molar-refractivity contribution in [3.63, 3.8) is 0 Å². The first-order valence-corrected chi connectivity index (χ1v) is 9.08. The number of ether oxygens (including phenoxy) is 2. The van der Waals surface area contributed by atoms with Gasteiger partial charge >= 0.3 is 0 Å². The molecule has 0 unspecified atom stereocenters. The number of rotatable bonds is 5. The summed E-state index contributed by atoms with van der Waals surface area (Å²) in [6.45, 7) is 2.41. The molecule has 134 valence electrons. The van der Waals surface area contributed by atoms with Crippen LogP contribution in [0.5, 0.6) is 11.5 Å². The number of hydrogen-bond donors (Lipinski definition) is 0. The Bertz CT molecular complexity index is 897. The number of para-hydroxylation sites is 1. The van der Waals surface area contributed by atoms with Gasteiger partial charge in [0, 0.05) is 0 Å². The van der Waals surface area contributed by atoms with Crippen molar-refractivity contribution in [3.05, 3.63) is 58.0 Å². The third-order valence-electron chi connectivity index (χ3n) is 3.67. The van der Waals surface area contributed by atoms with E-state index in [4.69, 9.17) is 21.1 Å². The Morgan fingerprint density at radius 1 is 1.15 bits per heavy atom. The summed E-state index contributed by atoms with van der Waals surface area (Å²) in [5.74, 6) is 0.781. The van der Waals surface area contributed by atoms with Crippen LogP contribution in [0, 0.1) is 0 Å². The van der Waals surface area contributed by atoms with E-state index < -0.39 is 5.91 Å². The Morgan fingerprint density at radius 3 is 2.62 bits per heavy atom. The number of carbonyl (C=O) groups is 2. The summed E-state index contributed by atoms with van der Waals surface area (Å²) in [5, 5.41) is -0.0361. The predicted molar refractivity (Wildman–Crippen MR) is 104 cm³/mol. The van der Waals surface area contributed by atoms with Gasteiger partial charge in [-0.1, -0.05) is 29.8 Å². The maximum atomic E-state index is 12.7. The molecule has 26 heavy (non-hydrogen) atoms. The number of hydrogen-bond acceptors (Lipinski definition) is 5.